The van der Waals surface area contributed by atoms with Crippen molar-refractivity contribution in [3.63, 3.8) is 0 Å². The van der Waals surface area contributed by atoms with Gasteiger partial charge in [-0.3, -0.25) is 9.59 Å². The number of nitrogens with zero attached hydrogens (tertiary/aromatic N) is 2. The highest BCUT2D eigenvalue weighted by Crippen LogP contribution is 2.08. The molecule has 1 aromatic heterocycles. The molecule has 0 radical (unpaired) electrons. The number of nitrogens with two attached hydrogens (primary N) is 1. The lowest BCUT2D eigenvalue weighted by Crippen LogP contribution is -2.21. The van der Waals surface area contributed by atoms with E-state index in [0.717, 1.165) is 0 Å². The lowest BCUT2D eigenvalue weighted by atomic mass is 10.2. The van der Waals surface area contributed by atoms with E-state index in [4.69, 9.17) is 5.73 Å². The van der Waals surface area contributed by atoms with E-state index in [-0.39, 0.29) is 11.8 Å². The maximum atomic E-state index is 11.6. The van der Waals surface area contributed by atoms with E-state index in [2.05, 4.69) is 10.3 Å². The monoisotopic (exact) mass is 250 g/mol. The van der Waals surface area contributed by atoms with Crippen LogP contribution in [0.5, 0.6) is 0 Å². The quantitative estimate of drug-likeness (QED) is 0.811. The fourth-order valence-electron chi connectivity index (χ4n) is 1.33. The Morgan fingerprint density at radius 1 is 1.33 bits per heavy atom. The molecular weight excluding hydrogens is 232 g/mol. The molecule has 18 heavy (non-hydrogen) atoms. The number of hydrogen-bond donors (Lipinski definition) is 2. The Bertz CT molecular complexity index is 415. The third kappa shape index (κ3) is 4.82. The maximum absolute atomic E-state index is 11.6. The largest absolute Gasteiger partial charge is 0.384 e. The molecule has 0 aliphatic rings. The molecule has 0 aliphatic heterocycles. The average Bonchev–Trinajstić information content (AvgIpc) is 2.32. The van der Waals surface area contributed by atoms with Crippen LogP contribution in [0.15, 0.2) is 18.3 Å². The Hall–Kier alpha value is -2.11. The first-order chi connectivity index (χ1) is 8.49. The molecule has 6 heteroatoms. The summed E-state index contributed by atoms with van der Waals surface area (Å²) in [5.74, 6) is 0.301. The molecule has 0 bridgehead atoms. The highest BCUT2D eigenvalue weighted by Gasteiger charge is 2.07. The van der Waals surface area contributed by atoms with Crippen molar-refractivity contribution in [3.8, 4) is 0 Å². The zero-order chi connectivity index (χ0) is 13.5. The van der Waals surface area contributed by atoms with Crippen LogP contribution >= 0.6 is 0 Å². The molecular formula is C12H18N4O2. The predicted octanol–water partition coefficient (Wildman–Crippen LogP) is 0.861. The Labute approximate surface area is 106 Å². The van der Waals surface area contributed by atoms with Crippen LogP contribution in [0.3, 0.4) is 0 Å². The summed E-state index contributed by atoms with van der Waals surface area (Å²) in [6.07, 6.45) is 2.72. The zero-order valence-corrected chi connectivity index (χ0v) is 10.6. The van der Waals surface area contributed by atoms with E-state index in [9.17, 15) is 9.59 Å². The minimum Gasteiger partial charge on any atom is -0.384 e. The van der Waals surface area contributed by atoms with Crippen molar-refractivity contribution >= 4 is 23.3 Å². The summed E-state index contributed by atoms with van der Waals surface area (Å²) < 4.78 is 0. The van der Waals surface area contributed by atoms with Gasteiger partial charge < -0.3 is 16.0 Å². The smallest absolute Gasteiger partial charge is 0.224 e. The van der Waals surface area contributed by atoms with Crippen LogP contribution in [0.1, 0.15) is 19.3 Å². The van der Waals surface area contributed by atoms with Gasteiger partial charge in [-0.1, -0.05) is 0 Å². The van der Waals surface area contributed by atoms with Crippen molar-refractivity contribution < 1.29 is 9.59 Å². The van der Waals surface area contributed by atoms with Crippen molar-refractivity contribution in [2.45, 2.75) is 19.3 Å². The standard InChI is InChI=1S/C12H18N4O2/c1-16(2)12(18)5-3-4-11(17)15-9-6-7-10(13)14-8-9/h6-8H,3-5H2,1-2H3,(H2,13,14)(H,15,17). The molecule has 2 amide bonds. The van der Waals surface area contributed by atoms with Gasteiger partial charge in [0.1, 0.15) is 5.82 Å². The average molecular weight is 250 g/mol. The number of nitrogen functional groups attached to an aromatic ring is 1. The number of hydrogen-bond acceptors (Lipinski definition) is 4. The predicted molar refractivity (Wildman–Crippen MR) is 69.8 cm³/mol. The Morgan fingerprint density at radius 3 is 2.61 bits per heavy atom. The highest BCUT2D eigenvalue weighted by atomic mass is 16.2. The highest BCUT2D eigenvalue weighted by molar-refractivity contribution is 5.90. The van der Waals surface area contributed by atoms with Gasteiger partial charge in [-0.25, -0.2) is 4.98 Å². The Balaban J connectivity index is 2.30. The van der Waals surface area contributed by atoms with Crippen molar-refractivity contribution in [1.82, 2.24) is 9.88 Å². The molecule has 0 fully saturated rings. The van der Waals surface area contributed by atoms with Crippen LogP contribution in [0, 0.1) is 0 Å². The van der Waals surface area contributed by atoms with Crippen molar-refractivity contribution in [3.05, 3.63) is 18.3 Å². The molecule has 0 spiro atoms. The van der Waals surface area contributed by atoms with Crippen LogP contribution in [0.25, 0.3) is 0 Å². The molecule has 0 saturated heterocycles. The number of rotatable bonds is 5. The number of carbonyl (C=O) groups excluding carboxylic acids is 2. The number of nitrogens with one attached hydrogen (secondary N) is 1. The number of aromatic nitrogens is 1. The van der Waals surface area contributed by atoms with Crippen LogP contribution in [-0.4, -0.2) is 35.8 Å². The zero-order valence-electron chi connectivity index (χ0n) is 10.6. The normalized spacial score (nSPS) is 9.89. The van der Waals surface area contributed by atoms with E-state index in [1.807, 2.05) is 0 Å². The molecule has 98 valence electrons. The fourth-order valence-corrected chi connectivity index (χ4v) is 1.33. The molecule has 0 aromatic carbocycles. The van der Waals surface area contributed by atoms with Crippen LogP contribution in [0.2, 0.25) is 0 Å². The minimum atomic E-state index is -0.131. The maximum Gasteiger partial charge on any atom is 0.224 e. The van der Waals surface area contributed by atoms with Crippen molar-refractivity contribution in [1.29, 1.82) is 0 Å². The van der Waals surface area contributed by atoms with Gasteiger partial charge in [-0.2, -0.15) is 0 Å². The molecule has 0 atom stereocenters. The van der Waals surface area contributed by atoms with E-state index in [1.54, 1.807) is 26.2 Å². The summed E-state index contributed by atoms with van der Waals surface area (Å²) in [4.78, 5) is 28.2. The Kier molecular flexibility index (Phi) is 5.10. The van der Waals surface area contributed by atoms with E-state index in [0.29, 0.717) is 30.8 Å². The molecule has 1 aromatic rings. The van der Waals surface area contributed by atoms with Gasteiger partial charge in [0.05, 0.1) is 11.9 Å². The van der Waals surface area contributed by atoms with Gasteiger partial charge in [0.2, 0.25) is 11.8 Å². The van der Waals surface area contributed by atoms with E-state index >= 15 is 0 Å². The summed E-state index contributed by atoms with van der Waals surface area (Å²) in [5.41, 5.74) is 6.04. The summed E-state index contributed by atoms with van der Waals surface area (Å²) in [6, 6.07) is 3.30. The molecule has 1 rings (SSSR count). The number of carbonyl (C=O) groups is 2. The summed E-state index contributed by atoms with van der Waals surface area (Å²) in [6.45, 7) is 0. The lowest BCUT2D eigenvalue weighted by molar-refractivity contribution is -0.128. The summed E-state index contributed by atoms with van der Waals surface area (Å²) in [7, 11) is 3.39. The van der Waals surface area contributed by atoms with Crippen LogP contribution in [0.4, 0.5) is 11.5 Å². The summed E-state index contributed by atoms with van der Waals surface area (Å²) in [5, 5.41) is 2.69. The molecule has 1 heterocycles. The number of amides is 2. The second kappa shape index (κ2) is 6.58. The fraction of sp³-hybridized carbons (Fsp3) is 0.417. The second-order valence-electron chi connectivity index (χ2n) is 4.16. The number of pyridine rings is 1. The first-order valence-corrected chi connectivity index (χ1v) is 5.70. The summed E-state index contributed by atoms with van der Waals surface area (Å²) >= 11 is 0. The van der Waals surface area contributed by atoms with Crippen LogP contribution in [-0.2, 0) is 9.59 Å². The Morgan fingerprint density at radius 2 is 2.06 bits per heavy atom. The van der Waals surface area contributed by atoms with Gasteiger partial charge in [-0.15, -0.1) is 0 Å². The van der Waals surface area contributed by atoms with Gasteiger partial charge in [0, 0.05) is 26.9 Å². The number of anilines is 2. The van der Waals surface area contributed by atoms with Crippen molar-refractivity contribution in [2.24, 2.45) is 0 Å². The third-order valence-electron chi connectivity index (χ3n) is 2.36. The molecule has 3 N–H and O–H groups in total. The second-order valence-corrected chi connectivity index (χ2v) is 4.16. The van der Waals surface area contributed by atoms with Crippen LogP contribution < -0.4 is 11.1 Å². The third-order valence-corrected chi connectivity index (χ3v) is 2.36. The molecule has 0 unspecified atom stereocenters. The minimum absolute atomic E-state index is 0.0250. The van der Waals surface area contributed by atoms with Gasteiger partial charge in [0.15, 0.2) is 0 Å². The molecule has 0 aliphatic carbocycles. The lowest BCUT2D eigenvalue weighted by Gasteiger charge is -2.09. The molecule has 6 nitrogen and oxygen atoms in total. The molecule has 0 saturated carbocycles. The first kappa shape index (κ1) is 14.0. The van der Waals surface area contributed by atoms with E-state index in [1.165, 1.54) is 11.1 Å². The first-order valence-electron chi connectivity index (χ1n) is 5.70. The SMILES string of the molecule is CN(C)C(=O)CCCC(=O)Nc1ccc(N)nc1. The topological polar surface area (TPSA) is 88.3 Å². The van der Waals surface area contributed by atoms with Gasteiger partial charge in [-0.05, 0) is 18.6 Å². The van der Waals surface area contributed by atoms with E-state index < -0.39 is 0 Å². The van der Waals surface area contributed by atoms with Gasteiger partial charge in [0.25, 0.3) is 0 Å². The van der Waals surface area contributed by atoms with Crippen molar-refractivity contribution in [2.75, 3.05) is 25.1 Å². The van der Waals surface area contributed by atoms with Gasteiger partial charge >= 0.3 is 0 Å².